The minimum absolute atomic E-state index is 0.756. The molecule has 200 valence electrons. The largest absolute Gasteiger partial charge is 0.497 e. The fourth-order valence-corrected chi connectivity index (χ4v) is 6.15. The molecule has 3 heterocycles. The molecule has 0 unspecified atom stereocenters. The van der Waals surface area contributed by atoms with Crippen molar-refractivity contribution in [3.8, 4) is 28.1 Å². The van der Waals surface area contributed by atoms with Crippen molar-refractivity contribution < 1.29 is 4.74 Å². The van der Waals surface area contributed by atoms with Crippen LogP contribution < -0.4 is 10.1 Å². The molecule has 38 heavy (non-hydrogen) atoms. The molecule has 1 aliphatic heterocycles. The Morgan fingerprint density at radius 1 is 0.947 bits per heavy atom. The molecule has 1 aliphatic rings. The molecule has 1 N–H and O–H groups in total. The number of nitrogens with one attached hydrogen (secondary N) is 1. The molecule has 0 saturated heterocycles. The summed E-state index contributed by atoms with van der Waals surface area (Å²) in [6.07, 6.45) is 13.2. The van der Waals surface area contributed by atoms with E-state index in [1.165, 1.54) is 65.7 Å². The number of methoxy groups -OCH3 is 1. The number of imidazole rings is 1. The molecule has 2 aromatic heterocycles. The first-order valence-electron chi connectivity index (χ1n) is 14.1. The fourth-order valence-electron chi connectivity index (χ4n) is 5.72. The minimum Gasteiger partial charge on any atom is -0.497 e. The molecule has 4 aromatic rings. The third kappa shape index (κ3) is 5.50. The predicted molar refractivity (Wildman–Crippen MR) is 164 cm³/mol. The lowest BCUT2D eigenvalue weighted by molar-refractivity contribution is 0.415. The van der Waals surface area contributed by atoms with E-state index in [4.69, 9.17) is 28.6 Å². The molecule has 0 fully saturated rings. The summed E-state index contributed by atoms with van der Waals surface area (Å²) in [7, 11) is 1.71. The number of ether oxygens (including phenoxy) is 1. The number of nitrogens with zero attached hydrogens (tertiary/aromatic N) is 2. The van der Waals surface area contributed by atoms with Crippen LogP contribution in [0.15, 0.2) is 54.7 Å². The number of hydrogen-bond acceptors (Lipinski definition) is 2. The third-order valence-electron chi connectivity index (χ3n) is 7.68. The van der Waals surface area contributed by atoms with Gasteiger partial charge in [0.1, 0.15) is 16.4 Å². The number of rotatable bonds is 11. The average molecular weight is 548 g/mol. The van der Waals surface area contributed by atoms with Gasteiger partial charge in [0.15, 0.2) is 0 Å². The van der Waals surface area contributed by atoms with Crippen LogP contribution in [0.5, 0.6) is 5.75 Å². The van der Waals surface area contributed by atoms with E-state index >= 15 is 0 Å². The number of unbranched alkanes of at least 4 members (excludes halogenated alkanes) is 5. The highest BCUT2D eigenvalue weighted by Gasteiger charge is 2.28. The zero-order valence-corrected chi connectivity index (χ0v) is 24.1. The van der Waals surface area contributed by atoms with Crippen molar-refractivity contribution in [2.24, 2.45) is 0 Å². The van der Waals surface area contributed by atoms with Gasteiger partial charge in [-0.3, -0.25) is 4.40 Å². The van der Waals surface area contributed by atoms with E-state index in [0.717, 1.165) is 60.2 Å². The minimum atomic E-state index is 0.756. The molecule has 0 aliphatic carbocycles. The molecular formula is C32H38ClN3OS. The molecule has 5 rings (SSSR count). The number of benzene rings is 2. The second-order valence-corrected chi connectivity index (χ2v) is 11.1. The highest BCUT2D eigenvalue weighted by Crippen LogP contribution is 2.40. The zero-order chi connectivity index (χ0) is 26.5. The van der Waals surface area contributed by atoms with Crippen molar-refractivity contribution in [1.82, 2.24) is 14.3 Å². The van der Waals surface area contributed by atoms with Gasteiger partial charge < -0.3 is 14.6 Å². The van der Waals surface area contributed by atoms with Crippen LogP contribution in [0.1, 0.15) is 69.5 Å². The van der Waals surface area contributed by atoms with Gasteiger partial charge in [0.25, 0.3) is 0 Å². The average Bonchev–Trinajstić information content (AvgIpc) is 3.36. The van der Waals surface area contributed by atoms with E-state index in [9.17, 15) is 0 Å². The van der Waals surface area contributed by atoms with E-state index in [-0.39, 0.29) is 0 Å². The lowest BCUT2D eigenvalue weighted by Gasteiger charge is -2.13. The Bertz CT molecular complexity index is 1390. The van der Waals surface area contributed by atoms with Gasteiger partial charge in [0.2, 0.25) is 0 Å². The summed E-state index contributed by atoms with van der Waals surface area (Å²) < 4.78 is 10.3. The monoisotopic (exact) mass is 547 g/mol. The van der Waals surface area contributed by atoms with Crippen molar-refractivity contribution in [2.45, 2.75) is 71.3 Å². The molecule has 0 saturated carbocycles. The molecule has 4 nitrogen and oxygen atoms in total. The maximum Gasteiger partial charge on any atom is 0.124 e. The smallest absolute Gasteiger partial charge is 0.124 e. The number of aromatic nitrogens is 2. The first-order chi connectivity index (χ1) is 18.6. The lowest BCUT2D eigenvalue weighted by Crippen LogP contribution is -2.25. The van der Waals surface area contributed by atoms with Gasteiger partial charge in [-0.1, -0.05) is 87.1 Å². The summed E-state index contributed by atoms with van der Waals surface area (Å²) >= 11 is 12.3. The number of hydrogen-bond donors (Lipinski definition) is 1. The van der Waals surface area contributed by atoms with Crippen molar-refractivity contribution in [1.29, 1.82) is 0 Å². The topological polar surface area (TPSA) is 30.6 Å². The van der Waals surface area contributed by atoms with Gasteiger partial charge in [-0.25, -0.2) is 0 Å². The maximum absolute atomic E-state index is 6.22. The highest BCUT2D eigenvalue weighted by atomic mass is 35.5. The maximum atomic E-state index is 6.22. The third-order valence-corrected chi connectivity index (χ3v) is 8.27. The van der Waals surface area contributed by atoms with Crippen LogP contribution in [0.2, 0.25) is 5.02 Å². The zero-order valence-electron chi connectivity index (χ0n) is 22.6. The quantitative estimate of drug-likeness (QED) is 0.150. The standard InChI is InChI=1S/C32H38ClN3OS/c1-3-4-5-6-7-9-20-34-31(38)30-29(24-14-18-26(37-2)19-15-24)27-11-8-10-21-35-28(22-36(30)32(27)35)23-12-16-25(33)17-13-23/h12-19,22H,3-11,20-21H2,1-2H3,(H,34,38). The van der Waals surface area contributed by atoms with Gasteiger partial charge in [0, 0.05) is 35.4 Å². The van der Waals surface area contributed by atoms with Gasteiger partial charge in [-0.05, 0) is 61.1 Å². The number of thiocarbonyl (C=S) groups is 1. The van der Waals surface area contributed by atoms with Crippen LogP contribution in [0.25, 0.3) is 28.0 Å². The predicted octanol–water partition coefficient (Wildman–Crippen LogP) is 8.70. The number of halogens is 1. The second kappa shape index (κ2) is 12.4. The summed E-state index contributed by atoms with van der Waals surface area (Å²) in [5.74, 6) is 0.864. The molecule has 0 radical (unpaired) electrons. The van der Waals surface area contributed by atoms with Crippen molar-refractivity contribution in [3.63, 3.8) is 0 Å². The van der Waals surface area contributed by atoms with E-state index in [2.05, 4.69) is 51.7 Å². The van der Waals surface area contributed by atoms with Crippen molar-refractivity contribution in [3.05, 3.63) is 71.0 Å². The van der Waals surface area contributed by atoms with Crippen LogP contribution >= 0.6 is 23.8 Å². The lowest BCUT2D eigenvalue weighted by atomic mass is 9.98. The Balaban J connectivity index is 1.57. The summed E-state index contributed by atoms with van der Waals surface area (Å²) in [6.45, 7) is 4.16. The van der Waals surface area contributed by atoms with Gasteiger partial charge >= 0.3 is 0 Å². The molecular weight excluding hydrogens is 510 g/mol. The van der Waals surface area contributed by atoms with E-state index in [1.54, 1.807) is 7.11 Å². The van der Waals surface area contributed by atoms with Crippen LogP contribution in [0.3, 0.4) is 0 Å². The van der Waals surface area contributed by atoms with Crippen molar-refractivity contribution in [2.75, 3.05) is 13.7 Å². The Morgan fingerprint density at radius 2 is 1.66 bits per heavy atom. The summed E-state index contributed by atoms with van der Waals surface area (Å²) in [4.78, 5) is 0.825. The van der Waals surface area contributed by atoms with Crippen molar-refractivity contribution >= 4 is 34.5 Å². The molecule has 0 spiro atoms. The molecule has 6 heteroatoms. The van der Waals surface area contributed by atoms with E-state index in [1.807, 2.05) is 24.3 Å². The van der Waals surface area contributed by atoms with E-state index in [0.29, 0.717) is 0 Å². The Labute approximate surface area is 237 Å². The molecule has 0 bridgehead atoms. The van der Waals surface area contributed by atoms with Crippen LogP contribution in [-0.4, -0.2) is 27.6 Å². The SMILES string of the molecule is CCCCCCCCNC(=S)c1c(-c2ccc(OC)cc2)c2c3n(c(-c4ccc(Cl)cc4)cn13)CCCC2. The molecule has 2 aromatic carbocycles. The highest BCUT2D eigenvalue weighted by molar-refractivity contribution is 7.80. The normalized spacial score (nSPS) is 13.0. The summed E-state index contributed by atoms with van der Waals surface area (Å²) in [5.41, 5.74) is 8.56. The Kier molecular flexibility index (Phi) is 8.75. The first kappa shape index (κ1) is 26.8. The van der Waals surface area contributed by atoms with Crippen LogP contribution in [0, 0.1) is 0 Å². The van der Waals surface area contributed by atoms with E-state index < -0.39 is 0 Å². The van der Waals surface area contributed by atoms with Crippen LogP contribution in [0.4, 0.5) is 0 Å². The Hall–Kier alpha value is -2.76. The molecule has 0 amide bonds. The van der Waals surface area contributed by atoms with Gasteiger partial charge in [-0.15, -0.1) is 0 Å². The Morgan fingerprint density at radius 3 is 2.39 bits per heavy atom. The van der Waals surface area contributed by atoms with Gasteiger partial charge in [-0.2, -0.15) is 0 Å². The van der Waals surface area contributed by atoms with Gasteiger partial charge in [0.05, 0.1) is 18.5 Å². The fraction of sp³-hybridized carbons (Fsp3) is 0.406. The second-order valence-electron chi connectivity index (χ2n) is 10.3. The summed E-state index contributed by atoms with van der Waals surface area (Å²) in [6, 6.07) is 16.6. The summed E-state index contributed by atoms with van der Waals surface area (Å²) in [5, 5.41) is 4.38. The molecule has 0 atom stereocenters. The first-order valence-corrected chi connectivity index (χ1v) is 14.9. The number of aryl methyl sites for hydroxylation is 2. The van der Waals surface area contributed by atoms with Crippen LogP contribution in [-0.2, 0) is 13.0 Å².